The maximum atomic E-state index is 13.1. The molecule has 1 N–H and O–H groups in total. The predicted molar refractivity (Wildman–Crippen MR) is 90.2 cm³/mol. The molecule has 1 heterocycles. The highest BCUT2D eigenvalue weighted by molar-refractivity contribution is 5.37. The van der Waals surface area contributed by atoms with E-state index in [0.717, 1.165) is 35.7 Å². The van der Waals surface area contributed by atoms with Gasteiger partial charge in [-0.1, -0.05) is 6.92 Å². The van der Waals surface area contributed by atoms with E-state index in [-0.39, 0.29) is 5.82 Å². The van der Waals surface area contributed by atoms with Gasteiger partial charge in [-0.15, -0.1) is 0 Å². The highest BCUT2D eigenvalue weighted by Gasteiger charge is 2.20. The van der Waals surface area contributed by atoms with Crippen molar-refractivity contribution >= 4 is 0 Å². The average molecular weight is 319 g/mol. The SMILES string of the molecule is CCN(Cc1c(C)nn(-c2ccc(F)cc2)c1C)CC(C)(C)O. The van der Waals surface area contributed by atoms with Crippen LogP contribution in [0.4, 0.5) is 4.39 Å². The van der Waals surface area contributed by atoms with Gasteiger partial charge in [-0.25, -0.2) is 9.07 Å². The van der Waals surface area contributed by atoms with Crippen LogP contribution in [0, 0.1) is 19.7 Å². The summed E-state index contributed by atoms with van der Waals surface area (Å²) < 4.78 is 15.0. The maximum Gasteiger partial charge on any atom is 0.123 e. The van der Waals surface area contributed by atoms with Crippen molar-refractivity contribution in [3.05, 3.63) is 47.0 Å². The number of aliphatic hydroxyl groups is 1. The Morgan fingerprint density at radius 1 is 1.22 bits per heavy atom. The van der Waals surface area contributed by atoms with E-state index in [2.05, 4.69) is 16.9 Å². The zero-order valence-corrected chi connectivity index (χ0v) is 14.6. The van der Waals surface area contributed by atoms with Crippen molar-refractivity contribution in [2.24, 2.45) is 0 Å². The molecule has 0 radical (unpaired) electrons. The lowest BCUT2D eigenvalue weighted by Gasteiger charge is -2.28. The van der Waals surface area contributed by atoms with Gasteiger partial charge >= 0.3 is 0 Å². The molecule has 0 aliphatic heterocycles. The largest absolute Gasteiger partial charge is 0.389 e. The fraction of sp³-hybridized carbons (Fsp3) is 0.500. The Hall–Kier alpha value is -1.72. The van der Waals surface area contributed by atoms with E-state index in [1.54, 1.807) is 12.1 Å². The highest BCUT2D eigenvalue weighted by atomic mass is 19.1. The van der Waals surface area contributed by atoms with Crippen LogP contribution in [0.1, 0.15) is 37.7 Å². The second kappa shape index (κ2) is 6.81. The molecule has 5 heteroatoms. The minimum absolute atomic E-state index is 0.252. The van der Waals surface area contributed by atoms with Crippen molar-refractivity contribution in [1.82, 2.24) is 14.7 Å². The summed E-state index contributed by atoms with van der Waals surface area (Å²) in [6.07, 6.45) is 0. The van der Waals surface area contributed by atoms with Crippen LogP contribution in [0.15, 0.2) is 24.3 Å². The van der Waals surface area contributed by atoms with E-state index in [9.17, 15) is 9.50 Å². The second-order valence-corrected chi connectivity index (χ2v) is 6.65. The summed E-state index contributed by atoms with van der Waals surface area (Å²) in [5.74, 6) is -0.252. The highest BCUT2D eigenvalue weighted by Crippen LogP contribution is 2.20. The molecule has 2 aromatic rings. The zero-order valence-electron chi connectivity index (χ0n) is 14.6. The number of aromatic nitrogens is 2. The van der Waals surface area contributed by atoms with Crippen LogP contribution < -0.4 is 0 Å². The normalized spacial score (nSPS) is 12.2. The van der Waals surface area contributed by atoms with E-state index in [1.165, 1.54) is 12.1 Å². The lowest BCUT2D eigenvalue weighted by Crippen LogP contribution is -2.38. The molecule has 23 heavy (non-hydrogen) atoms. The van der Waals surface area contributed by atoms with Gasteiger partial charge in [0.2, 0.25) is 0 Å². The molecule has 0 atom stereocenters. The maximum absolute atomic E-state index is 13.1. The number of nitrogens with zero attached hydrogens (tertiary/aromatic N) is 3. The first-order chi connectivity index (χ1) is 10.7. The Balaban J connectivity index is 2.28. The lowest BCUT2D eigenvalue weighted by atomic mass is 10.1. The third kappa shape index (κ3) is 4.39. The molecular weight excluding hydrogens is 293 g/mol. The molecule has 0 saturated carbocycles. The van der Waals surface area contributed by atoms with Gasteiger partial charge in [0.1, 0.15) is 5.82 Å². The molecule has 0 amide bonds. The molecule has 0 spiro atoms. The molecule has 2 rings (SSSR count). The van der Waals surface area contributed by atoms with Crippen LogP contribution in [-0.4, -0.2) is 38.5 Å². The van der Waals surface area contributed by atoms with Crippen LogP contribution in [0.25, 0.3) is 5.69 Å². The van der Waals surface area contributed by atoms with Crippen LogP contribution in [-0.2, 0) is 6.54 Å². The summed E-state index contributed by atoms with van der Waals surface area (Å²) in [7, 11) is 0. The summed E-state index contributed by atoms with van der Waals surface area (Å²) in [6.45, 7) is 11.9. The van der Waals surface area contributed by atoms with E-state index >= 15 is 0 Å². The molecule has 0 unspecified atom stereocenters. The second-order valence-electron chi connectivity index (χ2n) is 6.65. The van der Waals surface area contributed by atoms with Crippen LogP contribution in [0.5, 0.6) is 0 Å². The third-order valence-electron chi connectivity index (χ3n) is 3.95. The number of hydrogen-bond acceptors (Lipinski definition) is 3. The van der Waals surface area contributed by atoms with E-state index in [1.807, 2.05) is 32.4 Å². The minimum atomic E-state index is -0.731. The number of halogens is 1. The van der Waals surface area contributed by atoms with Gasteiger partial charge in [-0.3, -0.25) is 4.90 Å². The fourth-order valence-corrected chi connectivity index (χ4v) is 2.79. The van der Waals surface area contributed by atoms with Crippen molar-refractivity contribution in [3.63, 3.8) is 0 Å². The Morgan fingerprint density at radius 3 is 2.35 bits per heavy atom. The molecule has 0 aliphatic rings. The minimum Gasteiger partial charge on any atom is -0.389 e. The molecule has 0 aliphatic carbocycles. The molecule has 4 nitrogen and oxygen atoms in total. The molecule has 1 aromatic heterocycles. The van der Waals surface area contributed by atoms with E-state index in [0.29, 0.717) is 6.54 Å². The van der Waals surface area contributed by atoms with Crippen molar-refractivity contribution < 1.29 is 9.50 Å². The summed E-state index contributed by atoms with van der Waals surface area (Å²) >= 11 is 0. The summed E-state index contributed by atoms with van der Waals surface area (Å²) in [5, 5.41) is 14.6. The average Bonchev–Trinajstić information content (AvgIpc) is 2.74. The number of likely N-dealkylation sites (N-methyl/N-ethyl adjacent to an activating group) is 1. The van der Waals surface area contributed by atoms with Gasteiger partial charge in [0, 0.05) is 24.3 Å². The van der Waals surface area contributed by atoms with Crippen LogP contribution in [0.2, 0.25) is 0 Å². The molecule has 0 bridgehead atoms. The van der Waals surface area contributed by atoms with Gasteiger partial charge < -0.3 is 5.11 Å². The number of hydrogen-bond donors (Lipinski definition) is 1. The summed E-state index contributed by atoms with van der Waals surface area (Å²) in [6, 6.07) is 6.34. The van der Waals surface area contributed by atoms with Gasteiger partial charge in [-0.05, 0) is 58.5 Å². The fourth-order valence-electron chi connectivity index (χ4n) is 2.79. The number of benzene rings is 1. The monoisotopic (exact) mass is 319 g/mol. The summed E-state index contributed by atoms with van der Waals surface area (Å²) in [4.78, 5) is 2.20. The summed E-state index contributed by atoms with van der Waals surface area (Å²) in [5.41, 5.74) is 3.28. The molecule has 1 aromatic carbocycles. The van der Waals surface area contributed by atoms with Crippen molar-refractivity contribution in [3.8, 4) is 5.69 Å². The Labute approximate surface area is 137 Å². The van der Waals surface area contributed by atoms with Gasteiger partial charge in [0.05, 0.1) is 17.0 Å². The first-order valence-corrected chi connectivity index (χ1v) is 7.97. The Kier molecular flexibility index (Phi) is 5.22. The van der Waals surface area contributed by atoms with Crippen LogP contribution in [0.3, 0.4) is 0 Å². The van der Waals surface area contributed by atoms with Gasteiger partial charge in [-0.2, -0.15) is 5.10 Å². The molecule has 126 valence electrons. The van der Waals surface area contributed by atoms with Gasteiger partial charge in [0.25, 0.3) is 0 Å². The first-order valence-electron chi connectivity index (χ1n) is 7.97. The smallest absolute Gasteiger partial charge is 0.123 e. The molecular formula is C18H26FN3O. The van der Waals surface area contributed by atoms with Crippen molar-refractivity contribution in [2.75, 3.05) is 13.1 Å². The van der Waals surface area contributed by atoms with E-state index in [4.69, 9.17) is 0 Å². The quantitative estimate of drug-likeness (QED) is 0.889. The Bertz CT molecular complexity index is 656. The Morgan fingerprint density at radius 2 is 1.83 bits per heavy atom. The first kappa shape index (κ1) is 17.6. The van der Waals surface area contributed by atoms with Crippen LogP contribution >= 0.6 is 0 Å². The lowest BCUT2D eigenvalue weighted by molar-refractivity contribution is 0.0352. The predicted octanol–water partition coefficient (Wildman–Crippen LogP) is 3.22. The van der Waals surface area contributed by atoms with E-state index < -0.39 is 5.60 Å². The standard InChI is InChI=1S/C18H26FN3O/c1-6-21(12-18(4,5)23)11-17-13(2)20-22(14(17)3)16-9-7-15(19)8-10-16/h7-10,23H,6,11-12H2,1-5H3. The van der Waals surface area contributed by atoms with Gasteiger partial charge in [0.15, 0.2) is 0 Å². The number of rotatable bonds is 6. The molecule has 0 fully saturated rings. The zero-order chi connectivity index (χ0) is 17.2. The molecule has 0 saturated heterocycles. The topological polar surface area (TPSA) is 41.3 Å². The third-order valence-corrected chi connectivity index (χ3v) is 3.95. The van der Waals surface area contributed by atoms with Crippen molar-refractivity contribution in [1.29, 1.82) is 0 Å². The van der Waals surface area contributed by atoms with Crippen molar-refractivity contribution in [2.45, 2.75) is 46.8 Å². The number of aryl methyl sites for hydroxylation is 1.